The second-order valence-electron chi connectivity index (χ2n) is 6.92. The molecule has 156 valence electrons. The molecule has 0 atom stereocenters. The molecule has 0 saturated heterocycles. The van der Waals surface area contributed by atoms with E-state index in [1.807, 2.05) is 24.3 Å². The zero-order chi connectivity index (χ0) is 21.7. The van der Waals surface area contributed by atoms with Gasteiger partial charge in [0.05, 0.1) is 17.7 Å². The fourth-order valence-corrected chi connectivity index (χ4v) is 4.25. The van der Waals surface area contributed by atoms with Crippen LogP contribution >= 0.6 is 0 Å². The summed E-state index contributed by atoms with van der Waals surface area (Å²) in [5.74, 6) is 0.556. The van der Waals surface area contributed by atoms with E-state index in [9.17, 15) is 13.2 Å². The van der Waals surface area contributed by atoms with E-state index in [2.05, 4.69) is 4.72 Å². The Bertz CT molecular complexity index is 1140. The number of nitrogens with one attached hydrogen (secondary N) is 1. The van der Waals surface area contributed by atoms with Crippen molar-refractivity contribution in [2.24, 2.45) is 0 Å². The van der Waals surface area contributed by atoms with Crippen molar-refractivity contribution < 1.29 is 17.9 Å². The third-order valence-electron chi connectivity index (χ3n) is 4.72. The summed E-state index contributed by atoms with van der Waals surface area (Å²) in [7, 11) is -0.378. The maximum atomic E-state index is 12.9. The summed E-state index contributed by atoms with van der Waals surface area (Å²) in [6.45, 7) is 2.16. The van der Waals surface area contributed by atoms with Gasteiger partial charge in [0.25, 0.3) is 15.9 Å². The minimum Gasteiger partial charge on any atom is -0.496 e. The number of anilines is 1. The van der Waals surface area contributed by atoms with Crippen molar-refractivity contribution in [3.63, 3.8) is 0 Å². The molecule has 1 amide bonds. The fourth-order valence-electron chi connectivity index (χ4n) is 3.10. The van der Waals surface area contributed by atoms with Gasteiger partial charge in [0.1, 0.15) is 5.75 Å². The van der Waals surface area contributed by atoms with Gasteiger partial charge in [-0.1, -0.05) is 36.4 Å². The molecule has 7 heteroatoms. The number of hydrogen-bond donors (Lipinski definition) is 1. The number of aryl methyl sites for hydroxylation is 1. The monoisotopic (exact) mass is 424 g/mol. The molecular weight excluding hydrogens is 400 g/mol. The highest BCUT2D eigenvalue weighted by Crippen LogP contribution is 2.23. The molecule has 1 N–H and O–H groups in total. The number of ether oxygens (including phenoxy) is 1. The maximum Gasteiger partial charge on any atom is 0.261 e. The highest BCUT2D eigenvalue weighted by molar-refractivity contribution is 7.92. The Morgan fingerprint density at radius 3 is 2.33 bits per heavy atom. The minimum absolute atomic E-state index is 0.165. The average molecular weight is 425 g/mol. The number of sulfonamides is 1. The number of carbonyl (C=O) groups is 1. The van der Waals surface area contributed by atoms with Gasteiger partial charge in [-0.25, -0.2) is 8.42 Å². The van der Waals surface area contributed by atoms with Crippen molar-refractivity contribution in [1.29, 1.82) is 0 Å². The quantitative estimate of drug-likeness (QED) is 0.620. The van der Waals surface area contributed by atoms with E-state index in [1.165, 1.54) is 12.1 Å². The summed E-state index contributed by atoms with van der Waals surface area (Å²) in [6, 6.07) is 20.6. The zero-order valence-corrected chi connectivity index (χ0v) is 17.9. The molecule has 0 aliphatic heterocycles. The number of amides is 1. The van der Waals surface area contributed by atoms with Crippen molar-refractivity contribution in [3.8, 4) is 5.75 Å². The highest BCUT2D eigenvalue weighted by atomic mass is 32.2. The Labute approximate surface area is 177 Å². The van der Waals surface area contributed by atoms with Crippen LogP contribution in [0.2, 0.25) is 0 Å². The van der Waals surface area contributed by atoms with Crippen LogP contribution in [0.5, 0.6) is 5.75 Å². The molecule has 0 aliphatic rings. The molecule has 0 aromatic heterocycles. The van der Waals surface area contributed by atoms with E-state index in [-0.39, 0.29) is 10.8 Å². The van der Waals surface area contributed by atoms with Gasteiger partial charge < -0.3 is 9.64 Å². The molecule has 30 heavy (non-hydrogen) atoms. The van der Waals surface area contributed by atoms with Crippen molar-refractivity contribution in [3.05, 3.63) is 89.5 Å². The lowest BCUT2D eigenvalue weighted by molar-refractivity contribution is 0.0784. The largest absolute Gasteiger partial charge is 0.496 e. The molecular formula is C23H24N2O4S. The van der Waals surface area contributed by atoms with Crippen LogP contribution in [0.25, 0.3) is 0 Å². The first-order valence-corrected chi connectivity index (χ1v) is 10.9. The molecule has 3 rings (SSSR count). The Balaban J connectivity index is 1.76. The summed E-state index contributed by atoms with van der Waals surface area (Å²) in [5.41, 5.74) is 2.47. The van der Waals surface area contributed by atoms with E-state index >= 15 is 0 Å². The standard InChI is InChI=1S/C23H24N2O4S/c1-17-15-18(23(26)25(2)16-19-9-7-8-12-22(19)29-3)13-14-21(17)24-30(27,28)20-10-5-4-6-11-20/h4-15,24H,16H2,1-3H3. The molecule has 0 fully saturated rings. The molecule has 6 nitrogen and oxygen atoms in total. The summed E-state index contributed by atoms with van der Waals surface area (Å²) >= 11 is 0. The van der Waals surface area contributed by atoms with Crippen LogP contribution in [0.1, 0.15) is 21.5 Å². The van der Waals surface area contributed by atoms with Gasteiger partial charge in [0.2, 0.25) is 0 Å². The van der Waals surface area contributed by atoms with Crippen molar-refractivity contribution in [2.75, 3.05) is 18.9 Å². The molecule has 0 saturated carbocycles. The smallest absolute Gasteiger partial charge is 0.261 e. The van der Waals surface area contributed by atoms with Gasteiger partial charge in [-0.15, -0.1) is 0 Å². The predicted octanol–water partition coefficient (Wildman–Crippen LogP) is 4.08. The first-order valence-electron chi connectivity index (χ1n) is 9.37. The Hall–Kier alpha value is -3.32. The van der Waals surface area contributed by atoms with Crippen LogP contribution in [0, 0.1) is 6.92 Å². The van der Waals surface area contributed by atoms with Crippen LogP contribution in [0.15, 0.2) is 77.7 Å². The maximum absolute atomic E-state index is 12.9. The van der Waals surface area contributed by atoms with Crippen LogP contribution in [0.4, 0.5) is 5.69 Å². The van der Waals surface area contributed by atoms with Crippen molar-refractivity contribution in [1.82, 2.24) is 4.90 Å². The van der Waals surface area contributed by atoms with Gasteiger partial charge in [-0.2, -0.15) is 0 Å². The van der Waals surface area contributed by atoms with Crippen LogP contribution < -0.4 is 9.46 Å². The third kappa shape index (κ3) is 4.80. The van der Waals surface area contributed by atoms with Crippen LogP contribution in [-0.4, -0.2) is 33.4 Å². The van der Waals surface area contributed by atoms with E-state index < -0.39 is 10.0 Å². The fraction of sp³-hybridized carbons (Fsp3) is 0.174. The molecule has 0 spiro atoms. The second-order valence-corrected chi connectivity index (χ2v) is 8.60. The Kier molecular flexibility index (Phi) is 6.42. The first kappa shape index (κ1) is 21.4. The van der Waals surface area contributed by atoms with Crippen molar-refractivity contribution in [2.45, 2.75) is 18.4 Å². The topological polar surface area (TPSA) is 75.7 Å². The number of rotatable bonds is 7. The van der Waals surface area contributed by atoms with E-state index in [1.54, 1.807) is 62.4 Å². The normalized spacial score (nSPS) is 11.0. The summed E-state index contributed by atoms with van der Waals surface area (Å²) in [4.78, 5) is 14.6. The number of nitrogens with zero attached hydrogens (tertiary/aromatic N) is 1. The van der Waals surface area contributed by atoms with Gasteiger partial charge in [-0.05, 0) is 48.9 Å². The lowest BCUT2D eigenvalue weighted by Crippen LogP contribution is -2.26. The first-order chi connectivity index (χ1) is 14.3. The summed E-state index contributed by atoms with van der Waals surface area (Å²) in [6.07, 6.45) is 0. The molecule has 0 radical (unpaired) electrons. The van der Waals surface area contributed by atoms with Gasteiger partial charge in [0, 0.05) is 24.7 Å². The highest BCUT2D eigenvalue weighted by Gasteiger charge is 2.18. The number of carbonyl (C=O) groups excluding carboxylic acids is 1. The van der Waals surface area contributed by atoms with Gasteiger partial charge in [-0.3, -0.25) is 9.52 Å². The van der Waals surface area contributed by atoms with Crippen LogP contribution in [0.3, 0.4) is 0 Å². The Morgan fingerprint density at radius 1 is 1.00 bits per heavy atom. The number of para-hydroxylation sites is 1. The lowest BCUT2D eigenvalue weighted by atomic mass is 10.1. The number of hydrogen-bond acceptors (Lipinski definition) is 4. The molecule has 0 unspecified atom stereocenters. The van der Waals surface area contributed by atoms with Crippen molar-refractivity contribution >= 4 is 21.6 Å². The summed E-state index contributed by atoms with van der Waals surface area (Å²) in [5, 5.41) is 0. The third-order valence-corrected chi connectivity index (χ3v) is 6.10. The number of methoxy groups -OCH3 is 1. The molecule has 3 aromatic carbocycles. The van der Waals surface area contributed by atoms with Gasteiger partial charge in [0.15, 0.2) is 0 Å². The molecule has 0 heterocycles. The average Bonchev–Trinajstić information content (AvgIpc) is 2.75. The van der Waals surface area contributed by atoms with Crippen LogP contribution in [-0.2, 0) is 16.6 Å². The Morgan fingerprint density at radius 2 is 1.67 bits per heavy atom. The van der Waals surface area contributed by atoms with Gasteiger partial charge >= 0.3 is 0 Å². The predicted molar refractivity (Wildman–Crippen MR) is 117 cm³/mol. The van der Waals surface area contributed by atoms with E-state index in [4.69, 9.17) is 4.74 Å². The summed E-state index contributed by atoms with van der Waals surface area (Å²) < 4.78 is 33.0. The molecule has 3 aromatic rings. The SMILES string of the molecule is COc1ccccc1CN(C)C(=O)c1ccc(NS(=O)(=O)c2ccccc2)c(C)c1. The lowest BCUT2D eigenvalue weighted by Gasteiger charge is -2.19. The second kappa shape index (κ2) is 9.00. The zero-order valence-electron chi connectivity index (χ0n) is 17.1. The molecule has 0 bridgehead atoms. The van der Waals surface area contributed by atoms with E-state index in [0.29, 0.717) is 23.4 Å². The van der Waals surface area contributed by atoms with E-state index in [0.717, 1.165) is 11.3 Å². The number of benzene rings is 3. The molecule has 0 aliphatic carbocycles. The minimum atomic E-state index is -3.69.